The zero-order valence-electron chi connectivity index (χ0n) is 18.3. The third-order valence-electron chi connectivity index (χ3n) is 5.73. The van der Waals surface area contributed by atoms with Crippen molar-refractivity contribution in [3.05, 3.63) is 40.5 Å². The zero-order valence-corrected chi connectivity index (χ0v) is 20.0. The average Bonchev–Trinajstić information content (AvgIpc) is 3.34. The van der Waals surface area contributed by atoms with Gasteiger partial charge in [0.1, 0.15) is 16.4 Å². The van der Waals surface area contributed by atoms with Gasteiger partial charge in [0, 0.05) is 4.88 Å². The molecule has 0 saturated carbocycles. The topological polar surface area (TPSA) is 81.4 Å². The minimum Gasteiger partial charge on any atom is -0.492 e. The van der Waals surface area contributed by atoms with Gasteiger partial charge in [0.15, 0.2) is 10.8 Å². The second-order valence-corrected chi connectivity index (χ2v) is 10.1. The molecule has 1 aromatic carbocycles. The van der Waals surface area contributed by atoms with Gasteiger partial charge in [0.25, 0.3) is 0 Å². The van der Waals surface area contributed by atoms with E-state index in [0.717, 1.165) is 34.5 Å². The molecule has 1 aliphatic carbocycles. The molecule has 1 atom stereocenters. The SMILES string of the molecule is CCOc1ccccc1NC(=O)CSc1nnc2c3c4c(sc3nc(C)n12)C[C@@H](C)CC4. The van der Waals surface area contributed by atoms with Crippen molar-refractivity contribution in [2.75, 3.05) is 17.7 Å². The number of para-hydroxylation sites is 2. The van der Waals surface area contributed by atoms with Crippen molar-refractivity contribution >= 4 is 50.6 Å². The third kappa shape index (κ3) is 3.84. The summed E-state index contributed by atoms with van der Waals surface area (Å²) in [5.74, 6) is 2.32. The van der Waals surface area contributed by atoms with E-state index >= 15 is 0 Å². The Morgan fingerprint density at radius 1 is 1.34 bits per heavy atom. The first-order chi connectivity index (χ1) is 15.5. The molecule has 1 N–H and O–H groups in total. The van der Waals surface area contributed by atoms with Gasteiger partial charge in [0.2, 0.25) is 5.91 Å². The van der Waals surface area contributed by atoms with Gasteiger partial charge in [-0.05, 0) is 56.7 Å². The minimum absolute atomic E-state index is 0.118. The lowest BCUT2D eigenvalue weighted by molar-refractivity contribution is -0.113. The van der Waals surface area contributed by atoms with Crippen molar-refractivity contribution < 1.29 is 9.53 Å². The molecule has 0 aliphatic heterocycles. The van der Waals surface area contributed by atoms with Crippen LogP contribution in [-0.4, -0.2) is 37.8 Å². The first-order valence-electron chi connectivity index (χ1n) is 10.9. The summed E-state index contributed by atoms with van der Waals surface area (Å²) in [6, 6.07) is 7.45. The van der Waals surface area contributed by atoms with E-state index in [9.17, 15) is 4.79 Å². The van der Waals surface area contributed by atoms with E-state index in [1.54, 1.807) is 11.3 Å². The van der Waals surface area contributed by atoms with Crippen LogP contribution in [0.15, 0.2) is 29.4 Å². The van der Waals surface area contributed by atoms with Crippen LogP contribution in [0.1, 0.15) is 36.5 Å². The Morgan fingerprint density at radius 2 is 2.19 bits per heavy atom. The Hall–Kier alpha value is -2.65. The fraction of sp³-hybridized carbons (Fsp3) is 0.391. The lowest BCUT2D eigenvalue weighted by Crippen LogP contribution is -2.15. The molecule has 7 nitrogen and oxygen atoms in total. The Morgan fingerprint density at radius 3 is 3.03 bits per heavy atom. The Labute approximate surface area is 194 Å². The first-order valence-corrected chi connectivity index (χ1v) is 12.7. The maximum atomic E-state index is 12.6. The monoisotopic (exact) mass is 467 g/mol. The number of thioether (sulfide) groups is 1. The number of rotatable bonds is 6. The minimum atomic E-state index is -0.118. The van der Waals surface area contributed by atoms with E-state index in [1.807, 2.05) is 42.5 Å². The van der Waals surface area contributed by atoms with Gasteiger partial charge >= 0.3 is 0 Å². The lowest BCUT2D eigenvalue weighted by atomic mass is 9.89. The number of amides is 1. The molecular weight excluding hydrogens is 442 g/mol. The average molecular weight is 468 g/mol. The van der Waals surface area contributed by atoms with Crippen LogP contribution < -0.4 is 10.1 Å². The van der Waals surface area contributed by atoms with E-state index in [2.05, 4.69) is 22.4 Å². The maximum absolute atomic E-state index is 12.6. The highest BCUT2D eigenvalue weighted by atomic mass is 32.2. The molecule has 4 aromatic rings. The van der Waals surface area contributed by atoms with Gasteiger partial charge in [-0.15, -0.1) is 21.5 Å². The molecule has 0 spiro atoms. The summed E-state index contributed by atoms with van der Waals surface area (Å²) in [5, 5.41) is 13.7. The van der Waals surface area contributed by atoms with Crippen molar-refractivity contribution in [2.24, 2.45) is 5.92 Å². The van der Waals surface area contributed by atoms with Gasteiger partial charge in [0.05, 0.1) is 23.4 Å². The van der Waals surface area contributed by atoms with Gasteiger partial charge in [-0.25, -0.2) is 4.98 Å². The van der Waals surface area contributed by atoms with Crippen LogP contribution in [0.3, 0.4) is 0 Å². The first kappa shape index (κ1) is 21.2. The quantitative estimate of drug-likeness (QED) is 0.406. The molecule has 0 saturated heterocycles. The largest absolute Gasteiger partial charge is 0.492 e. The van der Waals surface area contributed by atoms with Crippen molar-refractivity contribution in [3.63, 3.8) is 0 Å². The lowest BCUT2D eigenvalue weighted by Gasteiger charge is -2.17. The fourth-order valence-corrected chi connectivity index (χ4v) is 6.43. The summed E-state index contributed by atoms with van der Waals surface area (Å²) in [6.45, 7) is 6.74. The van der Waals surface area contributed by atoms with Crippen LogP contribution in [0.4, 0.5) is 5.69 Å². The van der Waals surface area contributed by atoms with E-state index in [0.29, 0.717) is 29.1 Å². The van der Waals surface area contributed by atoms with E-state index in [-0.39, 0.29) is 11.7 Å². The molecule has 0 fully saturated rings. The number of ether oxygens (including phenoxy) is 1. The number of anilines is 1. The summed E-state index contributed by atoms with van der Waals surface area (Å²) in [4.78, 5) is 20.0. The maximum Gasteiger partial charge on any atom is 0.234 e. The number of hydrogen-bond acceptors (Lipinski definition) is 7. The normalized spacial score (nSPS) is 15.8. The summed E-state index contributed by atoms with van der Waals surface area (Å²) in [5.41, 5.74) is 2.91. The number of nitrogens with one attached hydrogen (secondary N) is 1. The molecule has 9 heteroatoms. The molecule has 5 rings (SSSR count). The molecule has 3 heterocycles. The smallest absolute Gasteiger partial charge is 0.234 e. The predicted octanol–water partition coefficient (Wildman–Crippen LogP) is 4.90. The van der Waals surface area contributed by atoms with Crippen LogP contribution in [0, 0.1) is 12.8 Å². The molecule has 1 aliphatic rings. The Kier molecular flexibility index (Phi) is 5.77. The van der Waals surface area contributed by atoms with Crippen LogP contribution in [0.2, 0.25) is 0 Å². The third-order valence-corrected chi connectivity index (χ3v) is 7.81. The molecule has 0 bridgehead atoms. The number of carbonyl (C=O) groups excluding carboxylic acids is 1. The highest BCUT2D eigenvalue weighted by Crippen LogP contribution is 2.39. The summed E-state index contributed by atoms with van der Waals surface area (Å²) >= 11 is 3.16. The molecular formula is C23H25N5O2S2. The number of hydrogen-bond donors (Lipinski definition) is 1. The molecule has 3 aromatic heterocycles. The van der Waals surface area contributed by atoms with Crippen LogP contribution in [0.25, 0.3) is 15.9 Å². The highest BCUT2D eigenvalue weighted by molar-refractivity contribution is 7.99. The van der Waals surface area contributed by atoms with Gasteiger partial charge in [-0.2, -0.15) is 0 Å². The number of aromatic nitrogens is 4. The Balaban J connectivity index is 1.40. The predicted molar refractivity (Wildman–Crippen MR) is 129 cm³/mol. The number of fused-ring (bicyclic) bond motifs is 5. The van der Waals surface area contributed by atoms with Crippen molar-refractivity contribution in [2.45, 2.75) is 45.2 Å². The van der Waals surface area contributed by atoms with Crippen LogP contribution >= 0.6 is 23.1 Å². The molecule has 0 unspecified atom stereocenters. The fourth-order valence-electron chi connectivity index (χ4n) is 4.23. The van der Waals surface area contributed by atoms with Crippen molar-refractivity contribution in [3.8, 4) is 5.75 Å². The standard InChI is InChI=1S/C23H25N5O2S2/c1-4-30-17-8-6-5-7-16(17)25-19(29)12-31-23-27-26-21-20-15-10-9-13(2)11-18(15)32-22(20)24-14(3)28(21)23/h5-8,13H,4,9-12H2,1-3H3,(H,25,29)/t13-/m0/s1. The number of thiophene rings is 1. The summed E-state index contributed by atoms with van der Waals surface area (Å²) in [7, 11) is 0. The second kappa shape index (κ2) is 8.71. The van der Waals surface area contributed by atoms with Gasteiger partial charge < -0.3 is 10.1 Å². The van der Waals surface area contributed by atoms with E-state index < -0.39 is 0 Å². The number of carbonyl (C=O) groups is 1. The molecule has 32 heavy (non-hydrogen) atoms. The molecule has 1 amide bonds. The second-order valence-electron chi connectivity index (χ2n) is 8.10. The van der Waals surface area contributed by atoms with Crippen LogP contribution in [0.5, 0.6) is 5.75 Å². The van der Waals surface area contributed by atoms with Gasteiger partial charge in [-0.3, -0.25) is 9.20 Å². The molecule has 0 radical (unpaired) electrons. The van der Waals surface area contributed by atoms with E-state index in [4.69, 9.17) is 9.72 Å². The summed E-state index contributed by atoms with van der Waals surface area (Å²) < 4.78 is 7.58. The van der Waals surface area contributed by atoms with Crippen LogP contribution in [-0.2, 0) is 17.6 Å². The number of benzene rings is 1. The van der Waals surface area contributed by atoms with Crippen molar-refractivity contribution in [1.82, 2.24) is 19.6 Å². The molecule has 166 valence electrons. The Bertz CT molecular complexity index is 1310. The highest BCUT2D eigenvalue weighted by Gasteiger charge is 2.25. The van der Waals surface area contributed by atoms with Crippen molar-refractivity contribution in [1.29, 1.82) is 0 Å². The van der Waals surface area contributed by atoms with E-state index in [1.165, 1.54) is 28.6 Å². The summed E-state index contributed by atoms with van der Waals surface area (Å²) in [6.07, 6.45) is 3.37. The van der Waals surface area contributed by atoms with Gasteiger partial charge in [-0.1, -0.05) is 30.8 Å². The zero-order chi connectivity index (χ0) is 22.2. The number of aryl methyl sites for hydroxylation is 2. The number of nitrogens with zero attached hydrogens (tertiary/aromatic N) is 4.